The lowest BCUT2D eigenvalue weighted by molar-refractivity contribution is -0.111. The van der Waals surface area contributed by atoms with Crippen LogP contribution in [0, 0.1) is 0 Å². The number of furan rings is 1. The quantitative estimate of drug-likeness (QED) is 0.290. The topological polar surface area (TPSA) is 51.5 Å². The van der Waals surface area contributed by atoms with Crippen molar-refractivity contribution < 1.29 is 13.9 Å². The number of para-hydroxylation sites is 1. The molecular formula is C25H18Cl3NO3. The lowest BCUT2D eigenvalue weighted by Gasteiger charge is -2.11. The third kappa shape index (κ3) is 4.49. The molecule has 3 aromatic carbocycles. The molecule has 162 valence electrons. The van der Waals surface area contributed by atoms with Crippen molar-refractivity contribution in [3.8, 4) is 16.9 Å². The molecule has 0 aliphatic heterocycles. The van der Waals surface area contributed by atoms with Crippen LogP contribution in [0.25, 0.3) is 27.7 Å². The number of carbonyl (C=O) groups is 1. The van der Waals surface area contributed by atoms with Crippen LogP contribution < -0.4 is 10.1 Å². The molecule has 1 heterocycles. The van der Waals surface area contributed by atoms with Gasteiger partial charge in [0.1, 0.15) is 11.3 Å². The minimum absolute atomic E-state index is 0.300. The molecule has 1 aromatic heterocycles. The largest absolute Gasteiger partial charge is 0.496 e. The van der Waals surface area contributed by atoms with Gasteiger partial charge in [0, 0.05) is 39.2 Å². The van der Waals surface area contributed by atoms with Crippen LogP contribution in [0.4, 0.5) is 5.69 Å². The van der Waals surface area contributed by atoms with Gasteiger partial charge in [-0.05, 0) is 42.8 Å². The van der Waals surface area contributed by atoms with Crippen LogP contribution in [0.15, 0.2) is 71.4 Å². The SMILES string of the molecule is COc1cc2occ(-c3ccc(Cl)cc3Cl)c2cc1/C(C)=C/C(=O)Nc1ccccc1Cl. The van der Waals surface area contributed by atoms with Crippen molar-refractivity contribution in [1.82, 2.24) is 0 Å². The molecule has 0 unspecified atom stereocenters. The number of methoxy groups -OCH3 is 1. The van der Waals surface area contributed by atoms with Gasteiger partial charge in [0.05, 0.1) is 29.1 Å². The number of rotatable bonds is 5. The smallest absolute Gasteiger partial charge is 0.248 e. The van der Waals surface area contributed by atoms with Crippen molar-refractivity contribution in [3.63, 3.8) is 0 Å². The highest BCUT2D eigenvalue weighted by atomic mass is 35.5. The summed E-state index contributed by atoms with van der Waals surface area (Å²) in [5, 5.41) is 5.17. The Morgan fingerprint density at radius 2 is 1.78 bits per heavy atom. The predicted octanol–water partition coefficient (Wildman–Crippen LogP) is 8.11. The van der Waals surface area contributed by atoms with Crippen LogP contribution in [-0.2, 0) is 4.79 Å². The molecule has 0 saturated heterocycles. The van der Waals surface area contributed by atoms with E-state index in [-0.39, 0.29) is 5.91 Å². The van der Waals surface area contributed by atoms with E-state index in [4.69, 9.17) is 44.0 Å². The molecule has 4 nitrogen and oxygen atoms in total. The Hall–Kier alpha value is -2.92. The zero-order valence-electron chi connectivity index (χ0n) is 17.2. The maximum atomic E-state index is 12.6. The summed E-state index contributed by atoms with van der Waals surface area (Å²) in [4.78, 5) is 12.6. The first-order valence-electron chi connectivity index (χ1n) is 9.66. The average molecular weight is 487 g/mol. The standard InChI is InChI=1S/C25H18Cl3NO3/c1-14(9-25(30)29-22-6-4-3-5-20(22)27)17-11-18-19(13-32-24(18)12-23(17)31-2)16-8-7-15(26)10-21(16)28/h3-13H,1-2H3,(H,29,30)/b14-9+. The Morgan fingerprint density at radius 1 is 1.00 bits per heavy atom. The highest BCUT2D eigenvalue weighted by Crippen LogP contribution is 2.40. The monoisotopic (exact) mass is 485 g/mol. The third-order valence-electron chi connectivity index (χ3n) is 5.02. The van der Waals surface area contributed by atoms with Crippen LogP contribution in [-0.4, -0.2) is 13.0 Å². The Morgan fingerprint density at radius 3 is 2.50 bits per heavy atom. The van der Waals surface area contributed by atoms with Crippen LogP contribution in [0.2, 0.25) is 15.1 Å². The number of hydrogen-bond donors (Lipinski definition) is 1. The molecule has 4 rings (SSSR count). The molecule has 0 bridgehead atoms. The summed E-state index contributed by atoms with van der Waals surface area (Å²) in [6.07, 6.45) is 3.15. The molecule has 0 saturated carbocycles. The minimum Gasteiger partial charge on any atom is -0.496 e. The van der Waals surface area contributed by atoms with E-state index in [1.807, 2.05) is 19.1 Å². The number of benzene rings is 3. The third-order valence-corrected chi connectivity index (χ3v) is 5.90. The molecule has 7 heteroatoms. The fourth-order valence-corrected chi connectivity index (χ4v) is 4.15. The summed E-state index contributed by atoms with van der Waals surface area (Å²) in [6.45, 7) is 1.84. The van der Waals surface area contributed by atoms with Crippen molar-refractivity contribution in [3.05, 3.63) is 87.6 Å². The Bertz CT molecular complexity index is 1360. The van der Waals surface area contributed by atoms with Crippen molar-refractivity contribution in [2.75, 3.05) is 12.4 Å². The number of anilines is 1. The maximum absolute atomic E-state index is 12.6. The Balaban J connectivity index is 1.75. The van der Waals surface area contributed by atoms with E-state index in [1.54, 1.807) is 55.8 Å². The number of amides is 1. The lowest BCUT2D eigenvalue weighted by Crippen LogP contribution is -2.09. The van der Waals surface area contributed by atoms with Crippen molar-refractivity contribution >= 4 is 62.9 Å². The molecule has 32 heavy (non-hydrogen) atoms. The number of ether oxygens (including phenoxy) is 1. The molecule has 0 radical (unpaired) electrons. The van der Waals surface area contributed by atoms with Crippen LogP contribution >= 0.6 is 34.8 Å². The number of hydrogen-bond acceptors (Lipinski definition) is 3. The van der Waals surface area contributed by atoms with Gasteiger partial charge in [0.15, 0.2) is 0 Å². The first kappa shape index (κ1) is 22.3. The molecule has 0 aliphatic carbocycles. The van der Waals surface area contributed by atoms with E-state index >= 15 is 0 Å². The normalized spacial score (nSPS) is 11.6. The molecule has 1 amide bonds. The molecule has 4 aromatic rings. The van der Waals surface area contributed by atoms with Gasteiger partial charge in [-0.3, -0.25) is 4.79 Å². The van der Waals surface area contributed by atoms with Crippen molar-refractivity contribution in [1.29, 1.82) is 0 Å². The van der Waals surface area contributed by atoms with E-state index in [0.29, 0.717) is 37.7 Å². The van der Waals surface area contributed by atoms with Gasteiger partial charge >= 0.3 is 0 Å². The first-order chi connectivity index (χ1) is 15.4. The number of allylic oxidation sites excluding steroid dienone is 1. The molecule has 1 N–H and O–H groups in total. The second-order valence-corrected chi connectivity index (χ2v) is 8.37. The minimum atomic E-state index is -0.300. The van der Waals surface area contributed by atoms with Gasteiger partial charge in [-0.1, -0.05) is 53.0 Å². The maximum Gasteiger partial charge on any atom is 0.248 e. The van der Waals surface area contributed by atoms with E-state index in [0.717, 1.165) is 22.1 Å². The second kappa shape index (κ2) is 9.29. The fourth-order valence-electron chi connectivity index (χ4n) is 3.45. The van der Waals surface area contributed by atoms with Crippen LogP contribution in [0.3, 0.4) is 0 Å². The molecule has 0 aliphatic rings. The van der Waals surface area contributed by atoms with Crippen LogP contribution in [0.5, 0.6) is 5.75 Å². The number of halogens is 3. The summed E-state index contributed by atoms with van der Waals surface area (Å²) < 4.78 is 11.3. The van der Waals surface area contributed by atoms with Gasteiger partial charge in [0.25, 0.3) is 0 Å². The van der Waals surface area contributed by atoms with E-state index in [2.05, 4.69) is 5.32 Å². The number of nitrogens with one attached hydrogen (secondary N) is 1. The summed E-state index contributed by atoms with van der Waals surface area (Å²) in [6, 6.07) is 16.1. The van der Waals surface area contributed by atoms with Gasteiger partial charge in [-0.25, -0.2) is 0 Å². The second-order valence-electron chi connectivity index (χ2n) is 7.12. The Kier molecular flexibility index (Phi) is 6.47. The fraction of sp³-hybridized carbons (Fsp3) is 0.0800. The zero-order valence-corrected chi connectivity index (χ0v) is 19.5. The molecule has 0 spiro atoms. The van der Waals surface area contributed by atoms with Crippen LogP contribution in [0.1, 0.15) is 12.5 Å². The summed E-state index contributed by atoms with van der Waals surface area (Å²) >= 11 is 18.6. The average Bonchev–Trinajstić information content (AvgIpc) is 3.17. The highest BCUT2D eigenvalue weighted by Gasteiger charge is 2.16. The highest BCUT2D eigenvalue weighted by molar-refractivity contribution is 6.36. The van der Waals surface area contributed by atoms with Crippen molar-refractivity contribution in [2.45, 2.75) is 6.92 Å². The van der Waals surface area contributed by atoms with Gasteiger partial charge < -0.3 is 14.5 Å². The van der Waals surface area contributed by atoms with Gasteiger partial charge in [-0.15, -0.1) is 0 Å². The molecular weight excluding hydrogens is 469 g/mol. The predicted molar refractivity (Wildman–Crippen MR) is 132 cm³/mol. The van der Waals surface area contributed by atoms with Gasteiger partial charge in [0.2, 0.25) is 5.91 Å². The molecule has 0 atom stereocenters. The lowest BCUT2D eigenvalue weighted by atomic mass is 9.99. The van der Waals surface area contributed by atoms with E-state index < -0.39 is 0 Å². The van der Waals surface area contributed by atoms with Gasteiger partial charge in [-0.2, -0.15) is 0 Å². The summed E-state index contributed by atoms with van der Waals surface area (Å²) in [7, 11) is 1.57. The first-order valence-corrected chi connectivity index (χ1v) is 10.8. The van der Waals surface area contributed by atoms with E-state index in [1.165, 1.54) is 6.08 Å². The van der Waals surface area contributed by atoms with E-state index in [9.17, 15) is 4.79 Å². The Labute approximate surface area is 200 Å². The molecule has 0 fully saturated rings. The number of fused-ring (bicyclic) bond motifs is 1. The summed E-state index contributed by atoms with van der Waals surface area (Å²) in [5.74, 6) is 0.283. The zero-order chi connectivity index (χ0) is 22.8. The summed E-state index contributed by atoms with van der Waals surface area (Å²) in [5.41, 5.74) is 4.26. The van der Waals surface area contributed by atoms with Crippen molar-refractivity contribution in [2.24, 2.45) is 0 Å². The number of carbonyl (C=O) groups excluding carboxylic acids is 1.